The number of anilines is 2. The predicted octanol–water partition coefficient (Wildman–Crippen LogP) is 2.47. The third-order valence-electron chi connectivity index (χ3n) is 2.88. The molecule has 110 valence electrons. The summed E-state index contributed by atoms with van der Waals surface area (Å²) in [7, 11) is 0. The number of hydrogen-bond donors (Lipinski definition) is 2. The van der Waals surface area contributed by atoms with E-state index in [0.717, 1.165) is 12.0 Å². The molecule has 0 amide bonds. The van der Waals surface area contributed by atoms with E-state index in [-0.39, 0.29) is 11.5 Å². The Labute approximate surface area is 122 Å². The molecule has 0 aliphatic heterocycles. The summed E-state index contributed by atoms with van der Waals surface area (Å²) in [6, 6.07) is 6.90. The van der Waals surface area contributed by atoms with Crippen molar-refractivity contribution in [1.82, 2.24) is 9.97 Å². The van der Waals surface area contributed by atoms with Gasteiger partial charge in [0.2, 0.25) is 5.82 Å². The number of hydrogen-bond acceptors (Lipinski definition) is 6. The second-order valence-electron chi connectivity index (χ2n) is 4.38. The minimum atomic E-state index is -0.433. The highest BCUT2D eigenvalue weighted by Crippen LogP contribution is 2.23. The van der Waals surface area contributed by atoms with Crippen molar-refractivity contribution in [2.24, 2.45) is 0 Å². The van der Waals surface area contributed by atoms with Gasteiger partial charge < -0.3 is 10.6 Å². The van der Waals surface area contributed by atoms with Crippen LogP contribution in [-0.4, -0.2) is 28.0 Å². The van der Waals surface area contributed by atoms with Crippen molar-refractivity contribution in [2.75, 3.05) is 23.7 Å². The average molecular weight is 287 g/mol. The van der Waals surface area contributed by atoms with Crippen LogP contribution in [0.25, 0.3) is 0 Å². The Hall–Kier alpha value is -2.70. The van der Waals surface area contributed by atoms with E-state index >= 15 is 0 Å². The van der Waals surface area contributed by atoms with Crippen LogP contribution in [0.1, 0.15) is 12.5 Å². The maximum atomic E-state index is 11.0. The number of aromatic nitrogens is 2. The smallest absolute Gasteiger partial charge is 0.311 e. The van der Waals surface area contributed by atoms with Gasteiger partial charge >= 0.3 is 5.69 Å². The number of rotatable bonds is 7. The van der Waals surface area contributed by atoms with E-state index in [1.165, 1.54) is 6.07 Å². The monoisotopic (exact) mass is 287 g/mol. The van der Waals surface area contributed by atoms with E-state index in [4.69, 9.17) is 0 Å². The predicted molar refractivity (Wildman–Crippen MR) is 81.5 cm³/mol. The molecular formula is C14H17N5O2. The van der Waals surface area contributed by atoms with Crippen molar-refractivity contribution in [3.8, 4) is 0 Å². The number of pyridine rings is 2. The quantitative estimate of drug-likeness (QED) is 0.600. The van der Waals surface area contributed by atoms with Crippen molar-refractivity contribution in [3.05, 3.63) is 52.3 Å². The van der Waals surface area contributed by atoms with Crippen LogP contribution in [0.4, 0.5) is 17.3 Å². The van der Waals surface area contributed by atoms with Gasteiger partial charge in [-0.05, 0) is 37.1 Å². The van der Waals surface area contributed by atoms with Crippen molar-refractivity contribution in [3.63, 3.8) is 0 Å². The summed E-state index contributed by atoms with van der Waals surface area (Å²) >= 11 is 0. The maximum Gasteiger partial charge on any atom is 0.311 e. The highest BCUT2D eigenvalue weighted by molar-refractivity contribution is 5.60. The summed E-state index contributed by atoms with van der Waals surface area (Å²) in [6.45, 7) is 3.22. The summed E-state index contributed by atoms with van der Waals surface area (Å²) in [6.07, 6.45) is 4.19. The first kappa shape index (κ1) is 14.7. The van der Waals surface area contributed by atoms with Gasteiger partial charge in [0, 0.05) is 31.5 Å². The third kappa shape index (κ3) is 4.13. The molecule has 2 rings (SSSR count). The fourth-order valence-corrected chi connectivity index (χ4v) is 1.88. The standard InChI is InChI=1S/C14H17N5O2/c1-2-16-13-4-3-12(19(20)21)14(18-13)17-10-7-11-5-8-15-9-6-11/h3-6,8-9H,2,7,10H2,1H3,(H2,16,17,18). The largest absolute Gasteiger partial charge is 0.370 e. The zero-order valence-corrected chi connectivity index (χ0v) is 11.7. The SMILES string of the molecule is CCNc1ccc([N+](=O)[O-])c(NCCc2ccncc2)n1. The van der Waals surface area contributed by atoms with Gasteiger partial charge in [-0.3, -0.25) is 15.1 Å². The molecule has 0 unspecified atom stereocenters. The average Bonchev–Trinajstić information content (AvgIpc) is 2.49. The van der Waals surface area contributed by atoms with Crippen LogP contribution >= 0.6 is 0 Å². The highest BCUT2D eigenvalue weighted by Gasteiger charge is 2.15. The molecule has 0 saturated carbocycles. The molecule has 0 aliphatic carbocycles. The topological polar surface area (TPSA) is 93.0 Å². The van der Waals surface area contributed by atoms with Crippen molar-refractivity contribution in [2.45, 2.75) is 13.3 Å². The Bertz CT molecular complexity index is 604. The lowest BCUT2D eigenvalue weighted by Gasteiger charge is -2.09. The summed E-state index contributed by atoms with van der Waals surface area (Å²) in [5.41, 5.74) is 1.09. The Balaban J connectivity index is 2.06. The van der Waals surface area contributed by atoms with Gasteiger partial charge in [-0.15, -0.1) is 0 Å². The second-order valence-corrected chi connectivity index (χ2v) is 4.38. The van der Waals surface area contributed by atoms with Crippen LogP contribution in [0.2, 0.25) is 0 Å². The van der Waals surface area contributed by atoms with Gasteiger partial charge in [-0.1, -0.05) is 0 Å². The first-order chi connectivity index (χ1) is 10.2. The zero-order valence-electron chi connectivity index (χ0n) is 11.7. The van der Waals surface area contributed by atoms with Crippen LogP contribution in [0.3, 0.4) is 0 Å². The van der Waals surface area contributed by atoms with Crippen molar-refractivity contribution in [1.29, 1.82) is 0 Å². The van der Waals surface area contributed by atoms with Gasteiger partial charge in [-0.2, -0.15) is 0 Å². The Morgan fingerprint density at radius 3 is 2.62 bits per heavy atom. The minimum absolute atomic E-state index is 0.0219. The lowest BCUT2D eigenvalue weighted by Crippen LogP contribution is -2.10. The second kappa shape index (κ2) is 7.18. The molecule has 7 heteroatoms. The van der Waals surface area contributed by atoms with Crippen LogP contribution < -0.4 is 10.6 Å². The van der Waals surface area contributed by atoms with Gasteiger partial charge in [0.25, 0.3) is 0 Å². The van der Waals surface area contributed by atoms with Gasteiger partial charge in [-0.25, -0.2) is 4.98 Å². The molecule has 0 atom stereocenters. The van der Waals surface area contributed by atoms with Crippen LogP contribution in [0.5, 0.6) is 0 Å². The van der Waals surface area contributed by atoms with Crippen LogP contribution in [0, 0.1) is 10.1 Å². The number of nitrogens with one attached hydrogen (secondary N) is 2. The summed E-state index contributed by atoms with van der Waals surface area (Å²) < 4.78 is 0. The van der Waals surface area contributed by atoms with E-state index in [9.17, 15) is 10.1 Å². The summed E-state index contributed by atoms with van der Waals surface area (Å²) in [5.74, 6) is 0.905. The first-order valence-corrected chi connectivity index (χ1v) is 6.72. The molecule has 0 bridgehead atoms. The van der Waals surface area contributed by atoms with E-state index in [2.05, 4.69) is 20.6 Å². The minimum Gasteiger partial charge on any atom is -0.370 e. The van der Waals surface area contributed by atoms with Crippen molar-refractivity contribution >= 4 is 17.3 Å². The molecule has 2 heterocycles. The van der Waals surface area contributed by atoms with Gasteiger partial charge in [0.05, 0.1) is 4.92 Å². The molecule has 0 saturated heterocycles. The normalized spacial score (nSPS) is 10.1. The van der Waals surface area contributed by atoms with E-state index in [0.29, 0.717) is 18.9 Å². The molecule has 21 heavy (non-hydrogen) atoms. The highest BCUT2D eigenvalue weighted by atomic mass is 16.6. The molecule has 2 aromatic heterocycles. The third-order valence-corrected chi connectivity index (χ3v) is 2.88. The molecule has 0 spiro atoms. The van der Waals surface area contributed by atoms with Crippen LogP contribution in [0.15, 0.2) is 36.7 Å². The van der Waals surface area contributed by atoms with Crippen LogP contribution in [-0.2, 0) is 6.42 Å². The molecule has 0 radical (unpaired) electrons. The Morgan fingerprint density at radius 1 is 1.19 bits per heavy atom. The number of nitro groups is 1. The lowest BCUT2D eigenvalue weighted by atomic mass is 10.2. The lowest BCUT2D eigenvalue weighted by molar-refractivity contribution is -0.384. The molecular weight excluding hydrogens is 270 g/mol. The van der Waals surface area contributed by atoms with E-state index in [1.54, 1.807) is 18.5 Å². The van der Waals surface area contributed by atoms with Gasteiger partial charge in [0.15, 0.2) is 0 Å². The summed E-state index contributed by atoms with van der Waals surface area (Å²) in [4.78, 5) is 18.8. The zero-order chi connectivity index (χ0) is 15.1. The fourth-order valence-electron chi connectivity index (χ4n) is 1.88. The molecule has 0 aliphatic rings. The molecule has 2 N–H and O–H groups in total. The maximum absolute atomic E-state index is 11.0. The molecule has 2 aromatic rings. The number of nitrogens with zero attached hydrogens (tertiary/aromatic N) is 3. The first-order valence-electron chi connectivity index (χ1n) is 6.72. The van der Waals surface area contributed by atoms with E-state index < -0.39 is 4.92 Å². The Morgan fingerprint density at radius 2 is 1.95 bits per heavy atom. The fraction of sp³-hybridized carbons (Fsp3) is 0.286. The Kier molecular flexibility index (Phi) is 5.03. The molecule has 0 aromatic carbocycles. The van der Waals surface area contributed by atoms with Crippen molar-refractivity contribution < 1.29 is 4.92 Å². The summed E-state index contributed by atoms with van der Waals surface area (Å²) in [5, 5.41) is 17.1. The van der Waals surface area contributed by atoms with E-state index in [1.807, 2.05) is 19.1 Å². The van der Waals surface area contributed by atoms with Gasteiger partial charge in [0.1, 0.15) is 5.82 Å². The molecule has 0 fully saturated rings. The molecule has 7 nitrogen and oxygen atoms in total.